The van der Waals surface area contributed by atoms with Crippen LogP contribution in [0.1, 0.15) is 127 Å². The van der Waals surface area contributed by atoms with Gasteiger partial charge in [-0.3, -0.25) is 14.4 Å². The van der Waals surface area contributed by atoms with Crippen molar-refractivity contribution in [2.24, 2.45) is 39.4 Å². The first kappa shape index (κ1) is 40.7. The molecule has 50 heavy (non-hydrogen) atoms. The summed E-state index contributed by atoms with van der Waals surface area (Å²) in [7, 11) is 1.20. The normalized spacial score (nSPS) is 37.4. The maximum atomic E-state index is 13.3. The van der Waals surface area contributed by atoms with Gasteiger partial charge in [0.25, 0.3) is 0 Å². The highest BCUT2D eigenvalue weighted by atomic mass is 16.6. The average molecular weight is 708 g/mol. The van der Waals surface area contributed by atoms with Gasteiger partial charge in [-0.1, -0.05) is 52.7 Å². The molecule has 0 bridgehead atoms. The third kappa shape index (κ3) is 7.28. The molecule has 4 aliphatic rings. The maximum absolute atomic E-state index is 13.3. The molecule has 286 valence electrons. The summed E-state index contributed by atoms with van der Waals surface area (Å²) in [5.74, 6) is -1.41. The zero-order valence-electron chi connectivity index (χ0n) is 32.1. The molecule has 0 aromatic carbocycles. The Hall–Kier alpha value is -2.05. The van der Waals surface area contributed by atoms with Gasteiger partial charge in [-0.25, -0.2) is 0 Å². The zero-order valence-corrected chi connectivity index (χ0v) is 32.1. The number of esters is 2. The van der Waals surface area contributed by atoms with Gasteiger partial charge >= 0.3 is 11.9 Å². The highest BCUT2D eigenvalue weighted by molar-refractivity contribution is 5.83. The lowest BCUT2D eigenvalue weighted by atomic mass is 9.42. The fraction of sp³-hybridized carbons (Fsp3) is 0.872. The van der Waals surface area contributed by atoms with Gasteiger partial charge in [0.2, 0.25) is 5.91 Å². The zero-order chi connectivity index (χ0) is 37.8. The SMILES string of the molecule is COC(=O)CNC(=O)C[C@@](C)(O)CC(=O)O[C@@H]1C[C@@]2(C)C3=C(CC[C@@H]2C(C)(C)[C@@H]1O)[C@@]1(C)CC[C@@H]([C@H](C)CC[C@H](O)C(C)(C)O)[C@]1(C)[C@@H](O)C3. The van der Waals surface area contributed by atoms with Gasteiger partial charge in [-0.05, 0) is 106 Å². The number of amides is 1. The Morgan fingerprint density at radius 2 is 1.60 bits per heavy atom. The van der Waals surface area contributed by atoms with Crippen LogP contribution >= 0.6 is 0 Å². The Morgan fingerprint density at radius 1 is 0.960 bits per heavy atom. The molecule has 0 radical (unpaired) electrons. The molecule has 0 aromatic heterocycles. The number of hydrogen-bond acceptors (Lipinski definition) is 10. The van der Waals surface area contributed by atoms with Crippen molar-refractivity contribution in [3.63, 3.8) is 0 Å². The second-order valence-corrected chi connectivity index (χ2v) is 18.4. The van der Waals surface area contributed by atoms with Crippen LogP contribution in [0.3, 0.4) is 0 Å². The molecule has 0 saturated heterocycles. The van der Waals surface area contributed by atoms with Crippen molar-refractivity contribution >= 4 is 17.8 Å². The summed E-state index contributed by atoms with van der Waals surface area (Å²) < 4.78 is 10.5. The standard InChI is InChI=1S/C39H65NO10/c1-22(11-14-28(41)35(4,5)47)23-15-16-38(8)24-12-13-27-34(2,3)33(46)26(18-37(27,7)25(24)17-29(42)39(23,38)9)50-31(44)20-36(6,48)19-30(43)40-21-32(45)49-10/h22-23,26-29,33,41-42,46-48H,11-21H2,1-10H3,(H,40,43)/t22-,23+,26-,27-,28+,29+,33-,36-,37+,38-,39-/m1/s1. The molecule has 6 N–H and O–H groups in total. The van der Waals surface area contributed by atoms with E-state index in [9.17, 15) is 39.9 Å². The number of hydrogen-bond donors (Lipinski definition) is 6. The van der Waals surface area contributed by atoms with Gasteiger partial charge < -0.3 is 40.3 Å². The number of aliphatic hydroxyl groups is 5. The summed E-state index contributed by atoms with van der Waals surface area (Å²) in [6.45, 7) is 17.3. The van der Waals surface area contributed by atoms with Crippen LogP contribution in [0.15, 0.2) is 11.1 Å². The van der Waals surface area contributed by atoms with E-state index < -0.39 is 77.1 Å². The molecule has 11 nitrogen and oxygen atoms in total. The summed E-state index contributed by atoms with van der Waals surface area (Å²) in [5.41, 5.74) is -1.98. The van der Waals surface area contributed by atoms with E-state index >= 15 is 0 Å². The minimum Gasteiger partial charge on any atom is -0.468 e. The number of rotatable bonds is 12. The smallest absolute Gasteiger partial charge is 0.325 e. The van der Waals surface area contributed by atoms with Crippen LogP contribution in [-0.4, -0.2) is 92.7 Å². The quantitative estimate of drug-likeness (QED) is 0.128. The molecule has 0 heterocycles. The molecular weight excluding hydrogens is 642 g/mol. The minimum absolute atomic E-state index is 0.0833. The van der Waals surface area contributed by atoms with E-state index in [0.717, 1.165) is 32.1 Å². The van der Waals surface area contributed by atoms with Gasteiger partial charge in [0.1, 0.15) is 12.6 Å². The molecule has 0 aromatic rings. The Labute approximate surface area is 298 Å². The maximum Gasteiger partial charge on any atom is 0.325 e. The minimum atomic E-state index is -1.74. The van der Waals surface area contributed by atoms with Crippen LogP contribution in [0.5, 0.6) is 0 Å². The van der Waals surface area contributed by atoms with Crippen molar-refractivity contribution in [1.82, 2.24) is 5.32 Å². The number of nitrogens with one attached hydrogen (secondary N) is 1. The predicted molar refractivity (Wildman–Crippen MR) is 187 cm³/mol. The summed E-state index contributed by atoms with van der Waals surface area (Å²) in [5, 5.41) is 58.0. The summed E-state index contributed by atoms with van der Waals surface area (Å²) in [6.07, 6.45) is 1.66. The number of methoxy groups -OCH3 is 1. The lowest BCUT2D eigenvalue weighted by Gasteiger charge is -2.64. The Balaban J connectivity index is 1.56. The Bertz CT molecular complexity index is 1330. The van der Waals surface area contributed by atoms with Gasteiger partial charge in [0.05, 0.1) is 49.5 Å². The van der Waals surface area contributed by atoms with Crippen molar-refractivity contribution in [3.05, 3.63) is 11.1 Å². The van der Waals surface area contributed by atoms with Gasteiger partial charge in [-0.15, -0.1) is 0 Å². The molecule has 4 rings (SSSR count). The van der Waals surface area contributed by atoms with Crippen LogP contribution in [0.4, 0.5) is 0 Å². The summed E-state index contributed by atoms with van der Waals surface area (Å²) in [6, 6.07) is 0. The Kier molecular flexibility index (Phi) is 11.5. The fourth-order valence-electron chi connectivity index (χ4n) is 11.1. The topological polar surface area (TPSA) is 183 Å². The van der Waals surface area contributed by atoms with Crippen molar-refractivity contribution < 1.29 is 49.4 Å². The second kappa shape index (κ2) is 14.1. The molecule has 2 saturated carbocycles. The summed E-state index contributed by atoms with van der Waals surface area (Å²) >= 11 is 0. The van der Waals surface area contributed by atoms with E-state index in [-0.39, 0.29) is 35.1 Å². The number of fused-ring (bicyclic) bond motifs is 4. The van der Waals surface area contributed by atoms with Crippen LogP contribution in [0.25, 0.3) is 0 Å². The average Bonchev–Trinajstić information content (AvgIpc) is 3.29. The molecule has 1 amide bonds. The molecule has 0 spiro atoms. The first-order valence-electron chi connectivity index (χ1n) is 18.6. The molecule has 0 unspecified atom stereocenters. The van der Waals surface area contributed by atoms with Gasteiger partial charge in [0, 0.05) is 5.41 Å². The first-order chi connectivity index (χ1) is 22.8. The Morgan fingerprint density at radius 3 is 2.20 bits per heavy atom. The van der Waals surface area contributed by atoms with Crippen LogP contribution in [0, 0.1) is 39.4 Å². The highest BCUT2D eigenvalue weighted by Crippen LogP contribution is 2.72. The number of aliphatic hydroxyl groups excluding tert-OH is 3. The fourth-order valence-corrected chi connectivity index (χ4v) is 11.1. The number of carbonyl (C=O) groups is 3. The van der Waals surface area contributed by atoms with Crippen molar-refractivity contribution in [2.75, 3.05) is 13.7 Å². The van der Waals surface area contributed by atoms with Crippen LogP contribution < -0.4 is 5.32 Å². The molecule has 2 fully saturated rings. The van der Waals surface area contributed by atoms with E-state index in [4.69, 9.17) is 4.74 Å². The largest absolute Gasteiger partial charge is 0.468 e. The van der Waals surface area contributed by atoms with Crippen molar-refractivity contribution in [2.45, 2.75) is 162 Å². The molecular formula is C39H65NO10. The van der Waals surface area contributed by atoms with Gasteiger partial charge in [0.15, 0.2) is 0 Å². The number of carbonyl (C=O) groups excluding carboxylic acids is 3. The second-order valence-electron chi connectivity index (χ2n) is 18.4. The third-order valence-corrected chi connectivity index (χ3v) is 14.2. The van der Waals surface area contributed by atoms with E-state index in [1.54, 1.807) is 13.8 Å². The third-order valence-electron chi connectivity index (χ3n) is 14.2. The van der Waals surface area contributed by atoms with Crippen LogP contribution in [-0.2, 0) is 23.9 Å². The van der Waals surface area contributed by atoms with Gasteiger partial charge in [-0.2, -0.15) is 0 Å². The lowest BCUT2D eigenvalue weighted by Crippen LogP contribution is -2.62. The monoisotopic (exact) mass is 707 g/mol. The molecule has 11 heteroatoms. The predicted octanol–water partition coefficient (Wildman–Crippen LogP) is 3.96. The van der Waals surface area contributed by atoms with E-state index in [1.807, 2.05) is 13.8 Å². The van der Waals surface area contributed by atoms with Crippen molar-refractivity contribution in [1.29, 1.82) is 0 Å². The molecule has 4 aliphatic carbocycles. The van der Waals surface area contributed by atoms with E-state index in [1.165, 1.54) is 25.2 Å². The van der Waals surface area contributed by atoms with E-state index in [2.05, 4.69) is 37.7 Å². The van der Waals surface area contributed by atoms with E-state index in [0.29, 0.717) is 19.3 Å². The number of allylic oxidation sites excluding steroid dienone is 1. The van der Waals surface area contributed by atoms with Crippen molar-refractivity contribution in [3.8, 4) is 0 Å². The highest BCUT2D eigenvalue weighted by Gasteiger charge is 2.67. The molecule has 11 atom stereocenters. The van der Waals surface area contributed by atoms with Crippen LogP contribution in [0.2, 0.25) is 0 Å². The lowest BCUT2D eigenvalue weighted by molar-refractivity contribution is -0.193. The molecule has 0 aliphatic heterocycles. The number of ether oxygens (including phenoxy) is 2. The first-order valence-corrected chi connectivity index (χ1v) is 18.6. The summed E-state index contributed by atoms with van der Waals surface area (Å²) in [4.78, 5) is 37.0.